The van der Waals surface area contributed by atoms with Gasteiger partial charge in [-0.1, -0.05) is 6.92 Å². The largest absolute Gasteiger partial charge is 0.384 e. The molecule has 4 nitrogen and oxygen atoms in total. The molecule has 1 aliphatic rings. The van der Waals surface area contributed by atoms with E-state index in [0.717, 1.165) is 36.1 Å². The van der Waals surface area contributed by atoms with Crippen molar-refractivity contribution in [1.29, 1.82) is 5.41 Å². The number of aromatic nitrogens is 1. The summed E-state index contributed by atoms with van der Waals surface area (Å²) in [4.78, 5) is 6.90. The number of anilines is 1. The third-order valence-corrected chi connectivity index (χ3v) is 3.59. The van der Waals surface area contributed by atoms with Crippen LogP contribution in [0.15, 0.2) is 12.1 Å². The van der Waals surface area contributed by atoms with E-state index in [1.54, 1.807) is 0 Å². The fourth-order valence-corrected chi connectivity index (χ4v) is 2.46. The minimum Gasteiger partial charge on any atom is -0.384 e. The van der Waals surface area contributed by atoms with Gasteiger partial charge in [0.25, 0.3) is 0 Å². The molecule has 2 rings (SSSR count). The van der Waals surface area contributed by atoms with Crippen LogP contribution >= 0.6 is 0 Å². The molecule has 3 N–H and O–H groups in total. The SMILES string of the molecule is Cc1cc(C(=N)N)cc(N2CCCC(C)CC2)n1. The van der Waals surface area contributed by atoms with Crippen molar-refractivity contribution < 1.29 is 0 Å². The van der Waals surface area contributed by atoms with Gasteiger partial charge in [0.1, 0.15) is 11.7 Å². The monoisotopic (exact) mass is 246 g/mol. The number of nitrogens with zero attached hydrogens (tertiary/aromatic N) is 2. The van der Waals surface area contributed by atoms with Crippen LogP contribution in [0.3, 0.4) is 0 Å². The summed E-state index contributed by atoms with van der Waals surface area (Å²) in [7, 11) is 0. The fraction of sp³-hybridized carbons (Fsp3) is 0.571. The van der Waals surface area contributed by atoms with Crippen LogP contribution in [0.4, 0.5) is 5.82 Å². The Bertz CT molecular complexity index is 441. The van der Waals surface area contributed by atoms with Gasteiger partial charge in [-0.25, -0.2) is 4.98 Å². The Morgan fingerprint density at radius 2 is 2.17 bits per heavy atom. The van der Waals surface area contributed by atoms with Gasteiger partial charge >= 0.3 is 0 Å². The molecule has 98 valence electrons. The molecule has 0 bridgehead atoms. The van der Waals surface area contributed by atoms with Gasteiger partial charge in [-0.3, -0.25) is 5.41 Å². The highest BCUT2D eigenvalue weighted by molar-refractivity contribution is 5.95. The Morgan fingerprint density at radius 1 is 1.39 bits per heavy atom. The third kappa shape index (κ3) is 3.00. The smallest absolute Gasteiger partial charge is 0.129 e. The number of rotatable bonds is 2. The summed E-state index contributed by atoms with van der Waals surface area (Å²) in [6, 6.07) is 3.80. The van der Waals surface area contributed by atoms with Crippen molar-refractivity contribution >= 4 is 11.7 Å². The van der Waals surface area contributed by atoms with Gasteiger partial charge in [0.15, 0.2) is 0 Å². The highest BCUT2D eigenvalue weighted by Crippen LogP contribution is 2.22. The maximum absolute atomic E-state index is 7.55. The quantitative estimate of drug-likeness (QED) is 0.621. The Hall–Kier alpha value is -1.58. The summed E-state index contributed by atoms with van der Waals surface area (Å²) in [6.07, 6.45) is 3.72. The van der Waals surface area contributed by atoms with E-state index in [1.807, 2.05) is 19.1 Å². The second-order valence-corrected chi connectivity index (χ2v) is 5.29. The van der Waals surface area contributed by atoms with Gasteiger partial charge in [-0.05, 0) is 44.2 Å². The number of nitrogens with one attached hydrogen (secondary N) is 1. The van der Waals surface area contributed by atoms with Crippen molar-refractivity contribution in [2.75, 3.05) is 18.0 Å². The minimum absolute atomic E-state index is 0.116. The molecule has 0 aromatic carbocycles. The van der Waals surface area contributed by atoms with Crippen molar-refractivity contribution in [1.82, 2.24) is 4.98 Å². The molecule has 0 amide bonds. The van der Waals surface area contributed by atoms with E-state index in [4.69, 9.17) is 11.1 Å². The highest BCUT2D eigenvalue weighted by Gasteiger charge is 2.16. The molecular weight excluding hydrogens is 224 g/mol. The molecule has 0 aliphatic carbocycles. The number of hydrogen-bond acceptors (Lipinski definition) is 3. The molecule has 1 aliphatic heterocycles. The first-order valence-corrected chi connectivity index (χ1v) is 6.64. The highest BCUT2D eigenvalue weighted by atomic mass is 15.2. The van der Waals surface area contributed by atoms with Crippen LogP contribution in [0.1, 0.15) is 37.4 Å². The zero-order valence-electron chi connectivity index (χ0n) is 11.2. The normalized spacial score (nSPS) is 20.6. The van der Waals surface area contributed by atoms with Gasteiger partial charge in [0.05, 0.1) is 0 Å². The second kappa shape index (κ2) is 5.38. The molecule has 0 spiro atoms. The average molecular weight is 246 g/mol. The third-order valence-electron chi connectivity index (χ3n) is 3.59. The first-order valence-electron chi connectivity index (χ1n) is 6.64. The van der Waals surface area contributed by atoms with Crippen LogP contribution < -0.4 is 10.6 Å². The summed E-state index contributed by atoms with van der Waals surface area (Å²) in [5, 5.41) is 7.55. The lowest BCUT2D eigenvalue weighted by Crippen LogP contribution is -2.26. The predicted molar refractivity (Wildman–Crippen MR) is 75.2 cm³/mol. The molecule has 1 saturated heterocycles. The standard InChI is InChI=1S/C14H22N4/c1-10-4-3-6-18(7-5-10)13-9-12(14(15)16)8-11(2)17-13/h8-10H,3-7H2,1-2H3,(H3,15,16). The Balaban J connectivity index is 2.24. The van der Waals surface area contributed by atoms with Crippen LogP contribution in [0.2, 0.25) is 0 Å². The van der Waals surface area contributed by atoms with E-state index < -0.39 is 0 Å². The zero-order chi connectivity index (χ0) is 13.1. The van der Waals surface area contributed by atoms with Crippen molar-refractivity contribution in [2.45, 2.75) is 33.1 Å². The number of aryl methyl sites for hydroxylation is 1. The van der Waals surface area contributed by atoms with Gasteiger partial charge < -0.3 is 10.6 Å². The predicted octanol–water partition coefficient (Wildman–Crippen LogP) is 2.30. The van der Waals surface area contributed by atoms with Crippen molar-refractivity contribution in [3.8, 4) is 0 Å². The van der Waals surface area contributed by atoms with Crippen molar-refractivity contribution in [3.63, 3.8) is 0 Å². The Labute approximate surface area is 109 Å². The summed E-state index contributed by atoms with van der Waals surface area (Å²) >= 11 is 0. The maximum atomic E-state index is 7.55. The van der Waals surface area contributed by atoms with Crippen LogP contribution in [-0.4, -0.2) is 23.9 Å². The first-order chi connectivity index (χ1) is 8.56. The lowest BCUT2D eigenvalue weighted by Gasteiger charge is -2.22. The molecule has 0 radical (unpaired) electrons. The fourth-order valence-electron chi connectivity index (χ4n) is 2.46. The van der Waals surface area contributed by atoms with Crippen LogP contribution in [0.5, 0.6) is 0 Å². The van der Waals surface area contributed by atoms with Gasteiger partial charge in [-0.15, -0.1) is 0 Å². The molecule has 2 heterocycles. The number of hydrogen-bond donors (Lipinski definition) is 2. The second-order valence-electron chi connectivity index (χ2n) is 5.29. The molecular formula is C14H22N4. The summed E-state index contributed by atoms with van der Waals surface area (Å²) < 4.78 is 0. The molecule has 1 unspecified atom stereocenters. The van der Waals surface area contributed by atoms with E-state index in [2.05, 4.69) is 16.8 Å². The lowest BCUT2D eigenvalue weighted by molar-refractivity contribution is 0.521. The number of amidine groups is 1. The maximum Gasteiger partial charge on any atom is 0.129 e. The van der Waals surface area contributed by atoms with Gasteiger partial charge in [-0.2, -0.15) is 0 Å². The zero-order valence-corrected chi connectivity index (χ0v) is 11.2. The molecule has 1 fully saturated rings. The van der Waals surface area contributed by atoms with Crippen molar-refractivity contribution in [3.05, 3.63) is 23.4 Å². The number of nitrogen functional groups attached to an aromatic ring is 1. The molecule has 1 atom stereocenters. The Kier molecular flexibility index (Phi) is 3.84. The Morgan fingerprint density at radius 3 is 2.89 bits per heavy atom. The summed E-state index contributed by atoms with van der Waals surface area (Å²) in [5.41, 5.74) is 7.27. The van der Waals surface area contributed by atoms with E-state index in [9.17, 15) is 0 Å². The van der Waals surface area contributed by atoms with Crippen LogP contribution in [-0.2, 0) is 0 Å². The van der Waals surface area contributed by atoms with Crippen LogP contribution in [0, 0.1) is 18.3 Å². The van der Waals surface area contributed by atoms with E-state index in [1.165, 1.54) is 19.3 Å². The van der Waals surface area contributed by atoms with Crippen molar-refractivity contribution in [2.24, 2.45) is 11.7 Å². The molecule has 18 heavy (non-hydrogen) atoms. The minimum atomic E-state index is 0.116. The van der Waals surface area contributed by atoms with Gasteiger partial charge in [0, 0.05) is 24.3 Å². The molecule has 4 heteroatoms. The molecule has 1 aromatic heterocycles. The summed E-state index contributed by atoms with van der Waals surface area (Å²) in [6.45, 7) is 6.37. The topological polar surface area (TPSA) is 66.0 Å². The first kappa shape index (κ1) is 12.9. The van der Waals surface area contributed by atoms with E-state index in [-0.39, 0.29) is 5.84 Å². The van der Waals surface area contributed by atoms with E-state index in [0.29, 0.717) is 0 Å². The van der Waals surface area contributed by atoms with Gasteiger partial charge in [0.2, 0.25) is 0 Å². The average Bonchev–Trinajstić information content (AvgIpc) is 2.53. The molecule has 0 saturated carbocycles. The van der Waals surface area contributed by atoms with Crippen LogP contribution in [0.25, 0.3) is 0 Å². The van der Waals surface area contributed by atoms with E-state index >= 15 is 0 Å². The summed E-state index contributed by atoms with van der Waals surface area (Å²) in [5.74, 6) is 1.88. The lowest BCUT2D eigenvalue weighted by atomic mass is 10.0. The number of nitrogens with two attached hydrogens (primary N) is 1. The number of pyridine rings is 1. The molecule has 1 aromatic rings.